The predicted molar refractivity (Wildman–Crippen MR) is 115 cm³/mol. The van der Waals surface area contributed by atoms with Gasteiger partial charge in [0.15, 0.2) is 0 Å². The van der Waals surface area contributed by atoms with Gasteiger partial charge in [-0.15, -0.1) is 0 Å². The first kappa shape index (κ1) is 21.0. The van der Waals surface area contributed by atoms with Crippen LogP contribution in [-0.2, 0) is 10.0 Å². The maximum Gasteiger partial charge on any atom is 0.322 e. The molecule has 2 aromatic carbocycles. The van der Waals surface area contributed by atoms with Crippen LogP contribution >= 0.6 is 0 Å². The lowest BCUT2D eigenvalue weighted by atomic mass is 10.2. The highest BCUT2D eigenvalue weighted by Crippen LogP contribution is 2.32. The van der Waals surface area contributed by atoms with Crippen molar-refractivity contribution in [2.45, 2.75) is 23.8 Å². The van der Waals surface area contributed by atoms with Crippen molar-refractivity contribution in [2.75, 3.05) is 26.0 Å². The summed E-state index contributed by atoms with van der Waals surface area (Å²) in [5, 5.41) is 6.87. The topological polar surface area (TPSA) is 109 Å². The second-order valence-electron chi connectivity index (χ2n) is 7.42. The van der Waals surface area contributed by atoms with Gasteiger partial charge in [-0.3, -0.25) is 0 Å². The summed E-state index contributed by atoms with van der Waals surface area (Å²) < 4.78 is 31.0. The maximum absolute atomic E-state index is 12.9. The van der Waals surface area contributed by atoms with Crippen LogP contribution in [0.2, 0.25) is 0 Å². The molecule has 2 heterocycles. The van der Waals surface area contributed by atoms with Crippen molar-refractivity contribution in [1.82, 2.24) is 19.3 Å². The molecule has 0 spiro atoms. The Bertz CT molecular complexity index is 1160. The Hall–Kier alpha value is -3.24. The fraction of sp³-hybridized carbons (Fsp3) is 0.286. The lowest BCUT2D eigenvalue weighted by Gasteiger charge is -2.22. The van der Waals surface area contributed by atoms with Crippen molar-refractivity contribution in [3.8, 4) is 11.4 Å². The van der Waals surface area contributed by atoms with Gasteiger partial charge in [0, 0.05) is 31.9 Å². The molecule has 4 rings (SSSR count). The summed E-state index contributed by atoms with van der Waals surface area (Å²) in [5.41, 5.74) is 1.35. The summed E-state index contributed by atoms with van der Waals surface area (Å²) in [6.45, 7) is 0.562. The van der Waals surface area contributed by atoms with Gasteiger partial charge in [-0.1, -0.05) is 35.5 Å². The van der Waals surface area contributed by atoms with Crippen LogP contribution in [0.1, 0.15) is 24.8 Å². The molecule has 1 aliphatic heterocycles. The number of nitrogens with zero attached hydrogens (tertiary/aromatic N) is 4. The van der Waals surface area contributed by atoms with Crippen LogP contribution in [0.3, 0.4) is 0 Å². The molecule has 10 heteroatoms. The molecule has 162 valence electrons. The Morgan fingerprint density at radius 2 is 1.84 bits per heavy atom. The molecule has 0 bridgehead atoms. The number of hydrogen-bond donors (Lipinski definition) is 1. The minimum Gasteiger partial charge on any atom is -0.337 e. The second-order valence-corrected chi connectivity index (χ2v) is 9.57. The lowest BCUT2D eigenvalue weighted by Crippen LogP contribution is -2.34. The quantitative estimate of drug-likeness (QED) is 0.650. The normalized spacial score (nSPS) is 16.6. The van der Waals surface area contributed by atoms with Crippen LogP contribution < -0.4 is 5.32 Å². The molecule has 2 amide bonds. The van der Waals surface area contributed by atoms with E-state index in [1.807, 2.05) is 30.3 Å². The number of benzene rings is 2. The van der Waals surface area contributed by atoms with E-state index in [2.05, 4.69) is 15.5 Å². The Kier molecular flexibility index (Phi) is 5.75. The number of carbonyl (C=O) groups is 1. The Balaban J connectivity index is 1.47. The van der Waals surface area contributed by atoms with E-state index in [1.54, 1.807) is 17.0 Å². The minimum absolute atomic E-state index is 0.161. The SMILES string of the molecule is CN(C)S(=O)(=O)c1ccc(NC(=O)N2CCC[C@H]2c2nc(-c3ccccc3)no2)cc1. The molecule has 1 fully saturated rings. The summed E-state index contributed by atoms with van der Waals surface area (Å²) in [5.74, 6) is 0.888. The second kappa shape index (κ2) is 8.48. The molecule has 0 saturated carbocycles. The van der Waals surface area contributed by atoms with Crippen LogP contribution in [0.15, 0.2) is 64.0 Å². The number of hydrogen-bond acceptors (Lipinski definition) is 6. The van der Waals surface area contributed by atoms with E-state index in [4.69, 9.17) is 4.52 Å². The van der Waals surface area contributed by atoms with E-state index >= 15 is 0 Å². The van der Waals surface area contributed by atoms with Crippen LogP contribution in [0, 0.1) is 0 Å². The fourth-order valence-electron chi connectivity index (χ4n) is 3.46. The van der Waals surface area contributed by atoms with E-state index in [-0.39, 0.29) is 17.0 Å². The van der Waals surface area contributed by atoms with Crippen molar-refractivity contribution in [3.63, 3.8) is 0 Å². The van der Waals surface area contributed by atoms with Crippen LogP contribution in [0.25, 0.3) is 11.4 Å². The first-order valence-electron chi connectivity index (χ1n) is 9.85. The summed E-state index contributed by atoms with van der Waals surface area (Å²) >= 11 is 0. The van der Waals surface area contributed by atoms with Gasteiger partial charge < -0.3 is 14.7 Å². The zero-order chi connectivity index (χ0) is 22.0. The number of likely N-dealkylation sites (tertiary alicyclic amines) is 1. The molecule has 31 heavy (non-hydrogen) atoms. The summed E-state index contributed by atoms with van der Waals surface area (Å²) in [6.07, 6.45) is 1.55. The molecule has 9 nitrogen and oxygen atoms in total. The molecule has 0 aliphatic carbocycles. The maximum atomic E-state index is 12.9. The summed E-state index contributed by atoms with van der Waals surface area (Å²) in [4.78, 5) is 19.2. The average Bonchev–Trinajstić information content (AvgIpc) is 3.44. The van der Waals surface area contributed by atoms with Crippen molar-refractivity contribution >= 4 is 21.7 Å². The molecule has 1 atom stereocenters. The molecular weight excluding hydrogens is 418 g/mol. The molecule has 1 aliphatic rings. The van der Waals surface area contributed by atoms with Crippen molar-refractivity contribution < 1.29 is 17.7 Å². The molecule has 0 unspecified atom stereocenters. The smallest absolute Gasteiger partial charge is 0.322 e. The van der Waals surface area contributed by atoms with E-state index < -0.39 is 10.0 Å². The van der Waals surface area contributed by atoms with Crippen LogP contribution in [0.5, 0.6) is 0 Å². The number of rotatable bonds is 5. The fourth-order valence-corrected chi connectivity index (χ4v) is 4.36. The van der Waals surface area contributed by atoms with Crippen molar-refractivity contribution in [2.24, 2.45) is 0 Å². The van der Waals surface area contributed by atoms with Gasteiger partial charge in [0.1, 0.15) is 6.04 Å². The summed E-state index contributed by atoms with van der Waals surface area (Å²) in [6, 6.07) is 15.0. The van der Waals surface area contributed by atoms with Gasteiger partial charge >= 0.3 is 6.03 Å². The third kappa shape index (κ3) is 4.30. The summed E-state index contributed by atoms with van der Waals surface area (Å²) in [7, 11) is -0.578. The highest BCUT2D eigenvalue weighted by atomic mass is 32.2. The lowest BCUT2D eigenvalue weighted by molar-refractivity contribution is 0.193. The third-order valence-corrected chi connectivity index (χ3v) is 6.99. The highest BCUT2D eigenvalue weighted by Gasteiger charge is 2.34. The standard InChI is InChI=1S/C21H23N5O4S/c1-25(2)31(28,29)17-12-10-16(11-13-17)22-21(27)26-14-6-9-18(26)20-23-19(24-30-20)15-7-4-3-5-8-15/h3-5,7-8,10-13,18H,6,9,14H2,1-2H3,(H,22,27)/t18-/m0/s1. The number of urea groups is 1. The zero-order valence-corrected chi connectivity index (χ0v) is 18.0. The zero-order valence-electron chi connectivity index (χ0n) is 17.2. The molecular formula is C21H23N5O4S. The highest BCUT2D eigenvalue weighted by molar-refractivity contribution is 7.89. The van der Waals surface area contributed by atoms with Gasteiger partial charge in [0.05, 0.1) is 4.90 Å². The first-order valence-corrected chi connectivity index (χ1v) is 11.3. The number of aromatic nitrogens is 2. The van der Waals surface area contributed by atoms with E-state index in [9.17, 15) is 13.2 Å². The predicted octanol–water partition coefficient (Wildman–Crippen LogP) is 3.36. The molecule has 1 N–H and O–H groups in total. The van der Waals surface area contributed by atoms with Gasteiger partial charge in [0.2, 0.25) is 21.7 Å². The third-order valence-electron chi connectivity index (χ3n) is 5.16. The molecule has 0 radical (unpaired) electrons. The Morgan fingerprint density at radius 1 is 1.13 bits per heavy atom. The molecule has 1 aromatic heterocycles. The number of anilines is 1. The largest absolute Gasteiger partial charge is 0.337 e. The van der Waals surface area contributed by atoms with Gasteiger partial charge in [-0.05, 0) is 37.1 Å². The van der Waals surface area contributed by atoms with Crippen LogP contribution in [0.4, 0.5) is 10.5 Å². The van der Waals surface area contributed by atoms with Gasteiger partial charge in [-0.25, -0.2) is 17.5 Å². The monoisotopic (exact) mass is 441 g/mol. The van der Waals surface area contributed by atoms with E-state index in [0.29, 0.717) is 23.9 Å². The molecule has 1 saturated heterocycles. The van der Waals surface area contributed by atoms with E-state index in [0.717, 1.165) is 22.7 Å². The van der Waals surface area contributed by atoms with Crippen molar-refractivity contribution in [3.05, 3.63) is 60.5 Å². The number of nitrogens with one attached hydrogen (secondary N) is 1. The Morgan fingerprint density at radius 3 is 2.52 bits per heavy atom. The minimum atomic E-state index is -3.52. The van der Waals surface area contributed by atoms with Gasteiger partial charge in [-0.2, -0.15) is 4.98 Å². The Labute approximate surface area is 180 Å². The van der Waals surface area contributed by atoms with Crippen molar-refractivity contribution in [1.29, 1.82) is 0 Å². The molecule has 3 aromatic rings. The average molecular weight is 442 g/mol. The number of sulfonamides is 1. The number of carbonyl (C=O) groups excluding carboxylic acids is 1. The van der Waals surface area contributed by atoms with E-state index in [1.165, 1.54) is 26.2 Å². The van der Waals surface area contributed by atoms with Crippen LogP contribution in [-0.4, -0.2) is 54.4 Å². The number of amides is 2. The van der Waals surface area contributed by atoms with Gasteiger partial charge in [0.25, 0.3) is 0 Å². The first-order chi connectivity index (χ1) is 14.9.